The molecule has 19 heavy (non-hydrogen) atoms. The second-order valence-electron chi connectivity index (χ2n) is 5.46. The Labute approximate surface area is 118 Å². The van der Waals surface area contributed by atoms with Crippen LogP contribution in [0.5, 0.6) is 0 Å². The van der Waals surface area contributed by atoms with Crippen LogP contribution in [-0.2, 0) is 11.2 Å². The van der Waals surface area contributed by atoms with Gasteiger partial charge in [-0.05, 0) is 27.2 Å². The quantitative estimate of drug-likeness (QED) is 0.608. The zero-order valence-electron chi connectivity index (χ0n) is 12.1. The fourth-order valence-corrected chi connectivity index (χ4v) is 2.17. The number of rotatable bonds is 6. The van der Waals surface area contributed by atoms with Crippen LogP contribution in [0.25, 0.3) is 0 Å². The molecule has 3 N–H and O–H groups in total. The van der Waals surface area contributed by atoms with Crippen LogP contribution in [-0.4, -0.2) is 32.1 Å². The van der Waals surface area contributed by atoms with Crippen molar-refractivity contribution < 1.29 is 4.79 Å². The van der Waals surface area contributed by atoms with Gasteiger partial charge in [-0.1, -0.05) is 25.1 Å². The highest BCUT2D eigenvalue weighted by molar-refractivity contribution is 7.99. The molecule has 1 amide bonds. The lowest BCUT2D eigenvalue weighted by molar-refractivity contribution is -0.119. The molecule has 0 aromatic carbocycles. The molecule has 1 heterocycles. The number of amides is 1. The molecule has 6 nitrogen and oxygen atoms in total. The van der Waals surface area contributed by atoms with Gasteiger partial charge in [-0.15, -0.1) is 10.2 Å². The number of hydrogen-bond donors (Lipinski definition) is 2. The van der Waals surface area contributed by atoms with Crippen molar-refractivity contribution in [3.63, 3.8) is 0 Å². The molecule has 0 bridgehead atoms. The topological polar surface area (TPSA) is 85.8 Å². The van der Waals surface area contributed by atoms with Crippen molar-refractivity contribution in [3.8, 4) is 0 Å². The first kappa shape index (κ1) is 15.8. The molecule has 0 aliphatic heterocycles. The Morgan fingerprint density at radius 1 is 1.42 bits per heavy atom. The highest BCUT2D eigenvalue weighted by Crippen LogP contribution is 2.15. The molecular formula is C12H23N5OS. The van der Waals surface area contributed by atoms with E-state index in [4.69, 9.17) is 5.84 Å². The number of nitrogens with one attached hydrogen (secondary N) is 1. The molecule has 1 rings (SSSR count). The normalized spacial score (nSPS) is 11.6. The standard InChI is InChI=1S/C12H23N5OS/c1-5-6-7-9-15-16-11(17(9)13)19-8-10(18)14-12(2,3)4/h5-8,13H2,1-4H3,(H,14,18). The first-order chi connectivity index (χ1) is 8.83. The van der Waals surface area contributed by atoms with Gasteiger partial charge in [0.15, 0.2) is 5.82 Å². The summed E-state index contributed by atoms with van der Waals surface area (Å²) in [6.07, 6.45) is 2.93. The Balaban J connectivity index is 2.50. The van der Waals surface area contributed by atoms with Gasteiger partial charge in [-0.2, -0.15) is 0 Å². The first-order valence-corrected chi connectivity index (χ1v) is 7.45. The van der Waals surface area contributed by atoms with Crippen LogP contribution >= 0.6 is 11.8 Å². The molecule has 0 unspecified atom stereocenters. The molecule has 0 atom stereocenters. The first-order valence-electron chi connectivity index (χ1n) is 6.46. The third-order valence-corrected chi connectivity index (χ3v) is 3.28. The van der Waals surface area contributed by atoms with Crippen molar-refractivity contribution in [2.24, 2.45) is 0 Å². The van der Waals surface area contributed by atoms with Gasteiger partial charge >= 0.3 is 0 Å². The maximum absolute atomic E-state index is 11.7. The largest absolute Gasteiger partial charge is 0.351 e. The molecule has 0 aliphatic carbocycles. The van der Waals surface area contributed by atoms with E-state index in [9.17, 15) is 4.79 Å². The molecule has 7 heteroatoms. The van der Waals surface area contributed by atoms with Crippen LogP contribution in [0.15, 0.2) is 5.16 Å². The number of carbonyl (C=O) groups is 1. The summed E-state index contributed by atoms with van der Waals surface area (Å²) in [6, 6.07) is 0. The number of nitrogens with zero attached hydrogens (tertiary/aromatic N) is 3. The smallest absolute Gasteiger partial charge is 0.230 e. The third kappa shape index (κ3) is 5.50. The van der Waals surface area contributed by atoms with Gasteiger partial charge in [0.25, 0.3) is 0 Å². The summed E-state index contributed by atoms with van der Waals surface area (Å²) < 4.78 is 1.48. The summed E-state index contributed by atoms with van der Waals surface area (Å²) in [4.78, 5) is 11.7. The van der Waals surface area contributed by atoms with E-state index in [1.54, 1.807) is 0 Å². The Hall–Kier alpha value is -1.24. The maximum Gasteiger partial charge on any atom is 0.230 e. The van der Waals surface area contributed by atoms with Crippen molar-refractivity contribution in [3.05, 3.63) is 5.82 Å². The fraction of sp³-hybridized carbons (Fsp3) is 0.750. The van der Waals surface area contributed by atoms with E-state index < -0.39 is 0 Å². The molecule has 0 saturated heterocycles. The molecule has 0 saturated carbocycles. The van der Waals surface area contributed by atoms with E-state index in [0.29, 0.717) is 10.9 Å². The van der Waals surface area contributed by atoms with Crippen LogP contribution in [0.4, 0.5) is 0 Å². The average molecular weight is 285 g/mol. The number of nitrogen functional groups attached to an aromatic ring is 1. The van der Waals surface area contributed by atoms with Crippen molar-refractivity contribution in [1.82, 2.24) is 20.2 Å². The molecule has 0 aliphatic rings. The van der Waals surface area contributed by atoms with Gasteiger partial charge < -0.3 is 11.2 Å². The number of thioether (sulfide) groups is 1. The van der Waals surface area contributed by atoms with Gasteiger partial charge in [0.05, 0.1) is 5.75 Å². The van der Waals surface area contributed by atoms with E-state index >= 15 is 0 Å². The van der Waals surface area contributed by atoms with Crippen LogP contribution in [0.1, 0.15) is 46.4 Å². The van der Waals surface area contributed by atoms with Crippen molar-refractivity contribution in [1.29, 1.82) is 0 Å². The van der Waals surface area contributed by atoms with Crippen LogP contribution in [0, 0.1) is 0 Å². The SMILES string of the molecule is CCCCc1nnc(SCC(=O)NC(C)(C)C)n1N. The zero-order chi connectivity index (χ0) is 14.5. The zero-order valence-corrected chi connectivity index (χ0v) is 12.9. The molecule has 108 valence electrons. The number of hydrogen-bond acceptors (Lipinski definition) is 5. The van der Waals surface area contributed by atoms with Gasteiger partial charge in [-0.3, -0.25) is 4.79 Å². The number of aryl methyl sites for hydroxylation is 1. The van der Waals surface area contributed by atoms with Crippen molar-refractivity contribution in [2.45, 2.75) is 57.7 Å². The Bertz CT molecular complexity index is 424. The Kier molecular flexibility index (Phi) is 5.65. The Morgan fingerprint density at radius 2 is 2.11 bits per heavy atom. The molecule has 0 spiro atoms. The molecule has 1 aromatic rings. The van der Waals surface area contributed by atoms with E-state index in [1.807, 2.05) is 20.8 Å². The minimum absolute atomic E-state index is 0.0318. The van der Waals surface area contributed by atoms with Crippen LogP contribution < -0.4 is 11.2 Å². The summed E-state index contributed by atoms with van der Waals surface area (Å²) >= 11 is 1.30. The van der Waals surface area contributed by atoms with E-state index in [0.717, 1.165) is 25.1 Å². The summed E-state index contributed by atoms with van der Waals surface area (Å²) in [5.41, 5.74) is -0.222. The summed E-state index contributed by atoms with van der Waals surface area (Å²) in [7, 11) is 0. The number of unbranched alkanes of at least 4 members (excludes halogenated alkanes) is 1. The lowest BCUT2D eigenvalue weighted by Crippen LogP contribution is -2.41. The highest BCUT2D eigenvalue weighted by atomic mass is 32.2. The van der Waals surface area contributed by atoms with Gasteiger partial charge in [0.1, 0.15) is 0 Å². The minimum atomic E-state index is -0.222. The average Bonchev–Trinajstić information content (AvgIpc) is 2.63. The van der Waals surface area contributed by atoms with E-state index in [2.05, 4.69) is 22.4 Å². The number of carbonyl (C=O) groups excluding carboxylic acids is 1. The summed E-state index contributed by atoms with van der Waals surface area (Å²) in [5.74, 6) is 6.92. The molecule has 0 fully saturated rings. The number of nitrogens with two attached hydrogens (primary N) is 1. The van der Waals surface area contributed by atoms with Gasteiger partial charge in [-0.25, -0.2) is 4.68 Å². The fourth-order valence-electron chi connectivity index (χ4n) is 1.50. The van der Waals surface area contributed by atoms with Crippen LogP contribution in [0.2, 0.25) is 0 Å². The lowest BCUT2D eigenvalue weighted by atomic mass is 10.1. The maximum atomic E-state index is 11.7. The third-order valence-electron chi connectivity index (χ3n) is 2.34. The van der Waals surface area contributed by atoms with Gasteiger partial charge in [0, 0.05) is 12.0 Å². The Morgan fingerprint density at radius 3 is 2.68 bits per heavy atom. The molecular weight excluding hydrogens is 262 g/mol. The lowest BCUT2D eigenvalue weighted by Gasteiger charge is -2.20. The second-order valence-corrected chi connectivity index (χ2v) is 6.40. The second kappa shape index (κ2) is 6.79. The van der Waals surface area contributed by atoms with Crippen LogP contribution in [0.3, 0.4) is 0 Å². The highest BCUT2D eigenvalue weighted by Gasteiger charge is 2.16. The van der Waals surface area contributed by atoms with Gasteiger partial charge in [0.2, 0.25) is 11.1 Å². The molecule has 1 aromatic heterocycles. The van der Waals surface area contributed by atoms with Crippen molar-refractivity contribution in [2.75, 3.05) is 11.6 Å². The van der Waals surface area contributed by atoms with E-state index in [-0.39, 0.29) is 11.4 Å². The minimum Gasteiger partial charge on any atom is -0.351 e. The number of aromatic nitrogens is 3. The predicted molar refractivity (Wildman–Crippen MR) is 77.4 cm³/mol. The summed E-state index contributed by atoms with van der Waals surface area (Å²) in [5, 5.41) is 11.5. The van der Waals surface area contributed by atoms with E-state index in [1.165, 1.54) is 16.4 Å². The monoisotopic (exact) mass is 285 g/mol. The van der Waals surface area contributed by atoms with Crippen molar-refractivity contribution >= 4 is 17.7 Å². The molecule has 0 radical (unpaired) electrons. The summed E-state index contributed by atoms with van der Waals surface area (Å²) in [6.45, 7) is 7.96. The predicted octanol–water partition coefficient (Wildman–Crippen LogP) is 1.34.